The minimum Gasteiger partial charge on any atom is -0.370 e. The zero-order chi connectivity index (χ0) is 12.5. The van der Waals surface area contributed by atoms with Crippen molar-refractivity contribution >= 4 is 29.9 Å². The predicted octanol–water partition coefficient (Wildman–Crippen LogP) is 0.556. The lowest BCUT2D eigenvalue weighted by Crippen LogP contribution is -2.39. The van der Waals surface area contributed by atoms with Gasteiger partial charge in [0, 0.05) is 32.7 Å². The quantitative estimate of drug-likeness (QED) is 0.422. The van der Waals surface area contributed by atoms with Crippen LogP contribution in [0.2, 0.25) is 0 Å². The molecule has 0 radical (unpaired) electrons. The summed E-state index contributed by atoms with van der Waals surface area (Å²) in [5.41, 5.74) is 5.74. The molecule has 1 aliphatic rings. The van der Waals surface area contributed by atoms with E-state index in [0.29, 0.717) is 5.96 Å². The Morgan fingerprint density at radius 3 is 2.78 bits per heavy atom. The zero-order valence-electron chi connectivity index (χ0n) is 11.7. The molecule has 1 heterocycles. The van der Waals surface area contributed by atoms with Crippen LogP contribution >= 0.6 is 24.0 Å². The van der Waals surface area contributed by atoms with Crippen molar-refractivity contribution in [1.82, 2.24) is 15.1 Å². The van der Waals surface area contributed by atoms with E-state index in [1.54, 1.807) is 0 Å². The minimum atomic E-state index is 0. The van der Waals surface area contributed by atoms with Gasteiger partial charge >= 0.3 is 0 Å². The fourth-order valence-corrected chi connectivity index (χ4v) is 1.95. The average molecular weight is 369 g/mol. The molecule has 18 heavy (non-hydrogen) atoms. The third kappa shape index (κ3) is 8.10. The van der Waals surface area contributed by atoms with Crippen molar-refractivity contribution in [2.24, 2.45) is 10.7 Å². The number of nitrogens with two attached hydrogens (primary N) is 1. The van der Waals surface area contributed by atoms with Crippen LogP contribution in [0.1, 0.15) is 19.8 Å². The van der Waals surface area contributed by atoms with Gasteiger partial charge in [0.05, 0.1) is 0 Å². The maximum atomic E-state index is 5.74. The fourth-order valence-electron chi connectivity index (χ4n) is 1.95. The van der Waals surface area contributed by atoms with Crippen LogP contribution in [-0.2, 0) is 0 Å². The van der Waals surface area contributed by atoms with Gasteiger partial charge in [-0.2, -0.15) is 0 Å². The molecule has 0 unspecified atom stereocenters. The number of hydrogen-bond acceptors (Lipinski definition) is 3. The highest BCUT2D eigenvalue weighted by atomic mass is 127. The molecule has 0 atom stereocenters. The summed E-state index contributed by atoms with van der Waals surface area (Å²) in [6.07, 6.45) is 2.30. The van der Waals surface area contributed by atoms with E-state index in [1.807, 2.05) is 0 Å². The van der Waals surface area contributed by atoms with Crippen molar-refractivity contribution in [1.29, 1.82) is 0 Å². The second-order valence-corrected chi connectivity index (χ2v) is 4.69. The maximum absolute atomic E-state index is 5.74. The van der Waals surface area contributed by atoms with Crippen LogP contribution in [0.15, 0.2) is 4.99 Å². The third-order valence-corrected chi connectivity index (χ3v) is 3.05. The van der Waals surface area contributed by atoms with Crippen molar-refractivity contribution in [2.75, 3.05) is 52.9 Å². The van der Waals surface area contributed by atoms with Crippen LogP contribution < -0.4 is 11.1 Å². The van der Waals surface area contributed by atoms with Crippen LogP contribution in [0, 0.1) is 0 Å². The smallest absolute Gasteiger partial charge is 0.188 e. The molecule has 3 N–H and O–H groups in total. The summed E-state index contributed by atoms with van der Waals surface area (Å²) in [5, 5.41) is 3.17. The first-order chi connectivity index (χ1) is 8.22. The van der Waals surface area contributed by atoms with Gasteiger partial charge in [0.15, 0.2) is 5.96 Å². The Balaban J connectivity index is 0.00000289. The first-order valence-electron chi connectivity index (χ1n) is 6.67. The molecular weight excluding hydrogens is 341 g/mol. The third-order valence-electron chi connectivity index (χ3n) is 3.05. The lowest BCUT2D eigenvalue weighted by molar-refractivity contribution is 0.280. The summed E-state index contributed by atoms with van der Waals surface area (Å²) in [6, 6.07) is 0. The largest absolute Gasteiger partial charge is 0.370 e. The average Bonchev–Trinajstić information content (AvgIpc) is 2.52. The van der Waals surface area contributed by atoms with Gasteiger partial charge in [-0.1, -0.05) is 6.92 Å². The number of guanidine groups is 1. The number of halogens is 1. The highest BCUT2D eigenvalue weighted by molar-refractivity contribution is 14.0. The van der Waals surface area contributed by atoms with Crippen LogP contribution in [0.3, 0.4) is 0 Å². The summed E-state index contributed by atoms with van der Waals surface area (Å²) in [6.45, 7) is 9.59. The van der Waals surface area contributed by atoms with Gasteiger partial charge in [0.1, 0.15) is 0 Å². The number of nitrogens with zero attached hydrogens (tertiary/aromatic N) is 3. The number of likely N-dealkylation sites (N-methyl/N-ethyl adjacent to an activating group) is 1. The second-order valence-electron chi connectivity index (χ2n) is 4.69. The van der Waals surface area contributed by atoms with Crippen LogP contribution in [0.25, 0.3) is 0 Å². The first-order valence-corrected chi connectivity index (χ1v) is 6.67. The summed E-state index contributed by atoms with van der Waals surface area (Å²) in [5.74, 6) is 0.582. The standard InChI is InChI=1S/C12H27N5.HI/c1-3-5-14-12(13)15-6-9-17-8-4-7-16(2)10-11-17;/h3-11H2,1-2H3,(H3,13,14,15);1H. The van der Waals surface area contributed by atoms with Crippen molar-refractivity contribution in [3.8, 4) is 0 Å². The molecule has 5 nitrogen and oxygen atoms in total. The van der Waals surface area contributed by atoms with E-state index in [4.69, 9.17) is 5.73 Å². The Labute approximate surface area is 128 Å². The summed E-state index contributed by atoms with van der Waals surface area (Å²) in [7, 11) is 2.19. The number of nitrogens with one attached hydrogen (secondary N) is 1. The van der Waals surface area contributed by atoms with E-state index >= 15 is 0 Å². The van der Waals surface area contributed by atoms with Gasteiger partial charge in [-0.25, -0.2) is 0 Å². The molecule has 1 fully saturated rings. The topological polar surface area (TPSA) is 56.9 Å². The molecule has 6 heteroatoms. The summed E-state index contributed by atoms with van der Waals surface area (Å²) in [4.78, 5) is 9.10. The van der Waals surface area contributed by atoms with Crippen molar-refractivity contribution < 1.29 is 0 Å². The van der Waals surface area contributed by atoms with Gasteiger partial charge in [0.2, 0.25) is 0 Å². The van der Waals surface area contributed by atoms with E-state index < -0.39 is 0 Å². The normalized spacial score (nSPS) is 19.1. The minimum absolute atomic E-state index is 0. The van der Waals surface area contributed by atoms with Gasteiger partial charge in [0.25, 0.3) is 0 Å². The highest BCUT2D eigenvalue weighted by Crippen LogP contribution is 1.99. The first kappa shape index (κ1) is 17.9. The molecule has 1 rings (SSSR count). The van der Waals surface area contributed by atoms with Gasteiger partial charge < -0.3 is 20.9 Å². The Kier molecular flexibility index (Phi) is 10.8. The summed E-state index contributed by atoms with van der Waals surface area (Å²) < 4.78 is 0. The van der Waals surface area contributed by atoms with E-state index in [2.05, 4.69) is 34.1 Å². The number of hydrogen-bond donors (Lipinski definition) is 2. The monoisotopic (exact) mass is 369 g/mol. The second kappa shape index (κ2) is 10.8. The molecule has 0 amide bonds. The predicted molar refractivity (Wildman–Crippen MR) is 88.8 cm³/mol. The lowest BCUT2D eigenvalue weighted by Gasteiger charge is -2.20. The molecule has 0 aromatic rings. The van der Waals surface area contributed by atoms with Gasteiger partial charge in [-0.05, 0) is 33.0 Å². The molecule has 0 saturated carbocycles. The Hall–Kier alpha value is -0.0800. The Bertz CT molecular complexity index is 235. The van der Waals surface area contributed by atoms with Crippen molar-refractivity contribution in [3.05, 3.63) is 0 Å². The number of rotatable bonds is 5. The highest BCUT2D eigenvalue weighted by Gasteiger charge is 2.10. The van der Waals surface area contributed by atoms with Crippen molar-refractivity contribution in [2.45, 2.75) is 19.8 Å². The molecule has 0 bridgehead atoms. The Morgan fingerprint density at radius 1 is 1.28 bits per heavy atom. The fraction of sp³-hybridized carbons (Fsp3) is 0.917. The summed E-state index contributed by atoms with van der Waals surface area (Å²) >= 11 is 0. The Morgan fingerprint density at radius 2 is 2.06 bits per heavy atom. The molecule has 0 aromatic carbocycles. The van der Waals surface area contributed by atoms with E-state index in [9.17, 15) is 0 Å². The molecule has 108 valence electrons. The van der Waals surface area contributed by atoms with Gasteiger partial charge in [-0.15, -0.1) is 24.0 Å². The maximum Gasteiger partial charge on any atom is 0.188 e. The SMILES string of the molecule is CCCN=C(N)NCCN1CCCN(C)CC1.I. The molecular formula is C12H28IN5. The van der Waals surface area contributed by atoms with E-state index in [0.717, 1.165) is 32.6 Å². The lowest BCUT2D eigenvalue weighted by atomic mass is 10.4. The molecule has 1 aliphatic heterocycles. The zero-order valence-corrected chi connectivity index (χ0v) is 14.0. The van der Waals surface area contributed by atoms with E-state index in [1.165, 1.54) is 26.1 Å². The molecule has 0 aliphatic carbocycles. The van der Waals surface area contributed by atoms with Crippen molar-refractivity contribution in [3.63, 3.8) is 0 Å². The number of aliphatic imine (C=N–C) groups is 1. The van der Waals surface area contributed by atoms with Crippen LogP contribution in [0.4, 0.5) is 0 Å². The molecule has 0 aromatic heterocycles. The van der Waals surface area contributed by atoms with Gasteiger partial charge in [-0.3, -0.25) is 4.99 Å². The van der Waals surface area contributed by atoms with E-state index in [-0.39, 0.29) is 24.0 Å². The molecule has 1 saturated heterocycles. The molecule has 0 spiro atoms. The van der Waals surface area contributed by atoms with Crippen LogP contribution in [-0.4, -0.2) is 68.6 Å². The van der Waals surface area contributed by atoms with Crippen LogP contribution in [0.5, 0.6) is 0 Å².